The van der Waals surface area contributed by atoms with Crippen LogP contribution in [-0.2, 0) is 14.3 Å². The van der Waals surface area contributed by atoms with Crippen molar-refractivity contribution in [3.63, 3.8) is 0 Å². The van der Waals surface area contributed by atoms with Gasteiger partial charge in [0.15, 0.2) is 6.61 Å². The van der Waals surface area contributed by atoms with E-state index >= 15 is 0 Å². The van der Waals surface area contributed by atoms with Crippen LogP contribution in [0, 0.1) is 23.5 Å². The van der Waals surface area contributed by atoms with Crippen molar-refractivity contribution in [3.05, 3.63) is 35.4 Å². The number of hydrogen-bond donors (Lipinski definition) is 1. The minimum absolute atomic E-state index is 0.0210. The number of hydrogen-bond acceptors (Lipinski definition) is 4. The zero-order valence-corrected chi connectivity index (χ0v) is 16.3. The lowest BCUT2D eigenvalue weighted by molar-refractivity contribution is -0.154. The Morgan fingerprint density at radius 1 is 1.18 bits per heavy atom. The SMILES string of the molecule is CC(C)C(C)NC(=O)COC(=O)C1CCN(C(=O)c2ccc(F)cc2F)CC1. The number of amides is 2. The molecule has 154 valence electrons. The number of nitrogens with zero attached hydrogens (tertiary/aromatic N) is 1. The maximum atomic E-state index is 13.8. The average Bonchev–Trinajstić information content (AvgIpc) is 2.65. The Bertz CT molecular complexity index is 731. The third kappa shape index (κ3) is 5.74. The molecule has 1 saturated heterocycles. The molecule has 0 saturated carbocycles. The van der Waals surface area contributed by atoms with E-state index in [0.717, 1.165) is 12.1 Å². The van der Waals surface area contributed by atoms with E-state index in [1.807, 2.05) is 20.8 Å². The molecular weight excluding hydrogens is 370 g/mol. The molecule has 0 radical (unpaired) electrons. The molecule has 1 aliphatic heterocycles. The first kappa shape index (κ1) is 21.8. The molecule has 0 aromatic heterocycles. The predicted octanol–water partition coefficient (Wildman–Crippen LogP) is 2.52. The van der Waals surface area contributed by atoms with Crippen LogP contribution in [0.1, 0.15) is 44.0 Å². The number of nitrogens with one attached hydrogen (secondary N) is 1. The Balaban J connectivity index is 1.80. The number of ether oxygens (including phenoxy) is 1. The van der Waals surface area contributed by atoms with E-state index in [9.17, 15) is 23.2 Å². The Hall–Kier alpha value is -2.51. The van der Waals surface area contributed by atoms with Gasteiger partial charge in [-0.1, -0.05) is 13.8 Å². The lowest BCUT2D eigenvalue weighted by Crippen LogP contribution is -2.42. The second kappa shape index (κ2) is 9.61. The molecule has 1 unspecified atom stereocenters. The molecular formula is C20H26F2N2O4. The quantitative estimate of drug-likeness (QED) is 0.750. The molecule has 1 fully saturated rings. The molecule has 1 aromatic rings. The third-order valence-electron chi connectivity index (χ3n) is 5.01. The molecule has 1 N–H and O–H groups in total. The van der Waals surface area contributed by atoms with Crippen molar-refractivity contribution in [2.45, 2.75) is 39.7 Å². The maximum absolute atomic E-state index is 13.8. The number of likely N-dealkylation sites (tertiary alicyclic amines) is 1. The van der Waals surface area contributed by atoms with Crippen molar-refractivity contribution < 1.29 is 27.9 Å². The van der Waals surface area contributed by atoms with Gasteiger partial charge in [-0.25, -0.2) is 8.78 Å². The zero-order valence-electron chi connectivity index (χ0n) is 16.3. The van der Waals surface area contributed by atoms with Crippen LogP contribution in [0.3, 0.4) is 0 Å². The third-order valence-corrected chi connectivity index (χ3v) is 5.01. The Labute approximate surface area is 163 Å². The van der Waals surface area contributed by atoms with Crippen LogP contribution in [-0.4, -0.2) is 48.4 Å². The Morgan fingerprint density at radius 2 is 1.82 bits per heavy atom. The fraction of sp³-hybridized carbons (Fsp3) is 0.550. The van der Waals surface area contributed by atoms with Crippen molar-refractivity contribution in [3.8, 4) is 0 Å². The number of esters is 1. The molecule has 2 amide bonds. The molecule has 0 spiro atoms. The van der Waals surface area contributed by atoms with Gasteiger partial charge in [-0.05, 0) is 37.8 Å². The van der Waals surface area contributed by atoms with Gasteiger partial charge in [0.1, 0.15) is 11.6 Å². The van der Waals surface area contributed by atoms with Crippen LogP contribution in [0.4, 0.5) is 8.78 Å². The maximum Gasteiger partial charge on any atom is 0.309 e. The number of halogens is 2. The molecule has 8 heteroatoms. The second-order valence-corrected chi connectivity index (χ2v) is 7.40. The first-order valence-corrected chi connectivity index (χ1v) is 9.39. The standard InChI is InChI=1S/C20H26F2N2O4/c1-12(2)13(3)23-18(25)11-28-20(27)14-6-8-24(9-7-14)19(26)16-5-4-15(21)10-17(16)22/h4-5,10,12-14H,6-9,11H2,1-3H3,(H,23,25). The second-order valence-electron chi connectivity index (χ2n) is 7.40. The lowest BCUT2D eigenvalue weighted by Gasteiger charge is -2.31. The van der Waals surface area contributed by atoms with Gasteiger partial charge >= 0.3 is 5.97 Å². The molecule has 2 rings (SSSR count). The average molecular weight is 396 g/mol. The molecule has 1 aromatic carbocycles. The molecule has 0 aliphatic carbocycles. The van der Waals surface area contributed by atoms with Gasteiger partial charge in [-0.3, -0.25) is 14.4 Å². The minimum atomic E-state index is -0.909. The fourth-order valence-corrected chi connectivity index (χ4v) is 2.87. The Kier molecular flexibility index (Phi) is 7.48. The van der Waals surface area contributed by atoms with E-state index < -0.39 is 29.4 Å². The molecule has 1 heterocycles. The Morgan fingerprint density at radius 3 is 2.39 bits per heavy atom. The van der Waals surface area contributed by atoms with Crippen molar-refractivity contribution >= 4 is 17.8 Å². The van der Waals surface area contributed by atoms with Gasteiger partial charge in [0, 0.05) is 25.2 Å². The van der Waals surface area contributed by atoms with Crippen molar-refractivity contribution in [1.82, 2.24) is 10.2 Å². The number of rotatable bonds is 6. The van der Waals surface area contributed by atoms with E-state index in [1.54, 1.807) is 0 Å². The highest BCUT2D eigenvalue weighted by molar-refractivity contribution is 5.94. The molecule has 1 aliphatic rings. The monoisotopic (exact) mass is 396 g/mol. The highest BCUT2D eigenvalue weighted by Crippen LogP contribution is 2.21. The van der Waals surface area contributed by atoms with Crippen molar-refractivity contribution in [1.29, 1.82) is 0 Å². The highest BCUT2D eigenvalue weighted by atomic mass is 19.1. The number of benzene rings is 1. The summed E-state index contributed by atoms with van der Waals surface area (Å²) in [6.07, 6.45) is 0.717. The minimum Gasteiger partial charge on any atom is -0.455 e. The number of carbonyl (C=O) groups is 3. The summed E-state index contributed by atoms with van der Waals surface area (Å²) < 4.78 is 31.8. The van der Waals surface area contributed by atoms with E-state index in [2.05, 4.69) is 5.32 Å². The van der Waals surface area contributed by atoms with Crippen LogP contribution < -0.4 is 5.32 Å². The molecule has 0 bridgehead atoms. The van der Waals surface area contributed by atoms with E-state index in [0.29, 0.717) is 18.9 Å². The van der Waals surface area contributed by atoms with Gasteiger partial charge < -0.3 is 15.0 Å². The summed E-state index contributed by atoms with van der Waals surface area (Å²) in [6.45, 7) is 6.00. The summed E-state index contributed by atoms with van der Waals surface area (Å²) in [7, 11) is 0. The lowest BCUT2D eigenvalue weighted by atomic mass is 9.96. The van der Waals surface area contributed by atoms with E-state index in [-0.39, 0.29) is 43.1 Å². The summed E-state index contributed by atoms with van der Waals surface area (Å²) in [4.78, 5) is 37.8. The summed E-state index contributed by atoms with van der Waals surface area (Å²) >= 11 is 0. The van der Waals surface area contributed by atoms with Gasteiger partial charge in [-0.2, -0.15) is 0 Å². The molecule has 1 atom stereocenters. The van der Waals surface area contributed by atoms with Gasteiger partial charge in [0.25, 0.3) is 11.8 Å². The van der Waals surface area contributed by atoms with Gasteiger partial charge in [0.05, 0.1) is 11.5 Å². The summed E-state index contributed by atoms with van der Waals surface area (Å²) in [5.74, 6) is -3.17. The molecule has 28 heavy (non-hydrogen) atoms. The van der Waals surface area contributed by atoms with Crippen molar-refractivity contribution in [2.24, 2.45) is 11.8 Å². The zero-order chi connectivity index (χ0) is 20.8. The summed E-state index contributed by atoms with van der Waals surface area (Å²) in [5.41, 5.74) is -0.196. The van der Waals surface area contributed by atoms with Gasteiger partial charge in [0.2, 0.25) is 0 Å². The van der Waals surface area contributed by atoms with Crippen molar-refractivity contribution in [2.75, 3.05) is 19.7 Å². The number of carbonyl (C=O) groups excluding carboxylic acids is 3. The van der Waals surface area contributed by atoms with Crippen LogP contribution in [0.2, 0.25) is 0 Å². The topological polar surface area (TPSA) is 75.7 Å². The molecule has 6 nitrogen and oxygen atoms in total. The summed E-state index contributed by atoms with van der Waals surface area (Å²) in [5, 5.41) is 2.76. The van der Waals surface area contributed by atoms with Crippen LogP contribution in [0.25, 0.3) is 0 Å². The van der Waals surface area contributed by atoms with E-state index in [4.69, 9.17) is 4.74 Å². The fourth-order valence-electron chi connectivity index (χ4n) is 2.87. The first-order valence-electron chi connectivity index (χ1n) is 9.39. The van der Waals surface area contributed by atoms with Crippen LogP contribution >= 0.6 is 0 Å². The van der Waals surface area contributed by atoms with Gasteiger partial charge in [-0.15, -0.1) is 0 Å². The first-order chi connectivity index (χ1) is 13.2. The number of piperidine rings is 1. The summed E-state index contributed by atoms with van der Waals surface area (Å²) in [6, 6.07) is 2.80. The largest absolute Gasteiger partial charge is 0.455 e. The van der Waals surface area contributed by atoms with E-state index in [1.165, 1.54) is 4.90 Å². The highest BCUT2D eigenvalue weighted by Gasteiger charge is 2.30. The van der Waals surface area contributed by atoms with Crippen LogP contribution in [0.5, 0.6) is 0 Å². The predicted molar refractivity (Wildman–Crippen MR) is 98.4 cm³/mol. The van der Waals surface area contributed by atoms with Crippen LogP contribution in [0.15, 0.2) is 18.2 Å². The normalized spacial score (nSPS) is 16.0. The smallest absolute Gasteiger partial charge is 0.309 e.